The summed E-state index contributed by atoms with van der Waals surface area (Å²) in [6.07, 6.45) is -0.560. The average molecular weight is 307 g/mol. The summed E-state index contributed by atoms with van der Waals surface area (Å²) in [6, 6.07) is 0.993. The molecule has 116 valence electrons. The highest BCUT2D eigenvalue weighted by atomic mass is 16.2. The second-order valence-corrected chi connectivity index (χ2v) is 4.67. The van der Waals surface area contributed by atoms with Gasteiger partial charge in [-0.2, -0.15) is 0 Å². The molecular formula is C12H13N5O5. The van der Waals surface area contributed by atoms with E-state index >= 15 is 0 Å². The molecule has 0 saturated heterocycles. The van der Waals surface area contributed by atoms with Gasteiger partial charge in [-0.05, 0) is 0 Å². The van der Waals surface area contributed by atoms with Crippen molar-refractivity contribution in [1.29, 1.82) is 0 Å². The van der Waals surface area contributed by atoms with Crippen LogP contribution in [0.3, 0.4) is 0 Å². The quantitative estimate of drug-likeness (QED) is 0.547. The first-order valence-electron chi connectivity index (χ1n) is 6.13. The molecule has 2 rings (SSSR count). The van der Waals surface area contributed by atoms with Crippen molar-refractivity contribution in [3.8, 4) is 0 Å². The van der Waals surface area contributed by atoms with Crippen molar-refractivity contribution in [3.05, 3.63) is 37.1 Å². The Kier molecular flexibility index (Phi) is 3.68. The third-order valence-corrected chi connectivity index (χ3v) is 3.05. The summed E-state index contributed by atoms with van der Waals surface area (Å²) in [5.74, 6) is -1.61. The fourth-order valence-corrected chi connectivity index (χ4v) is 2.00. The molecule has 0 aliphatic rings. The minimum Gasteiger partial charge on any atom is -0.369 e. The average Bonchev–Trinajstić information content (AvgIpc) is 2.41. The van der Waals surface area contributed by atoms with E-state index in [1.165, 1.54) is 14.1 Å². The molecule has 0 spiro atoms. The van der Waals surface area contributed by atoms with Gasteiger partial charge in [-0.1, -0.05) is 0 Å². The lowest BCUT2D eigenvalue weighted by atomic mass is 10.3. The zero-order valence-corrected chi connectivity index (χ0v) is 11.8. The summed E-state index contributed by atoms with van der Waals surface area (Å²) in [6.45, 7) is 0. The first-order chi connectivity index (χ1) is 10.2. The fourth-order valence-electron chi connectivity index (χ4n) is 2.00. The number of carbonyl (C=O) groups excluding carboxylic acids is 2. The first-order valence-corrected chi connectivity index (χ1v) is 6.13. The fraction of sp³-hybridized carbons (Fsp3) is 0.250. The number of anilines is 1. The van der Waals surface area contributed by atoms with Crippen molar-refractivity contribution < 1.29 is 9.59 Å². The number of H-pyrrole nitrogens is 1. The van der Waals surface area contributed by atoms with E-state index < -0.39 is 34.9 Å². The molecule has 10 nitrogen and oxygen atoms in total. The van der Waals surface area contributed by atoms with Gasteiger partial charge in [0.1, 0.15) is 23.3 Å². The van der Waals surface area contributed by atoms with Gasteiger partial charge in [-0.25, -0.2) is 4.79 Å². The van der Waals surface area contributed by atoms with Crippen LogP contribution in [0.15, 0.2) is 20.4 Å². The minimum atomic E-state index is -0.832. The molecule has 0 radical (unpaired) electrons. The van der Waals surface area contributed by atoms with Crippen molar-refractivity contribution in [2.45, 2.75) is 6.42 Å². The molecule has 2 heterocycles. The largest absolute Gasteiger partial charge is 0.369 e. The van der Waals surface area contributed by atoms with E-state index in [0.717, 1.165) is 15.2 Å². The molecule has 0 bridgehead atoms. The molecule has 0 atom stereocenters. The third-order valence-electron chi connectivity index (χ3n) is 3.05. The number of pyridine rings is 1. The van der Waals surface area contributed by atoms with Crippen molar-refractivity contribution in [1.82, 2.24) is 14.1 Å². The van der Waals surface area contributed by atoms with E-state index in [2.05, 4.69) is 10.3 Å². The van der Waals surface area contributed by atoms with Gasteiger partial charge in [0.15, 0.2) is 5.43 Å². The van der Waals surface area contributed by atoms with E-state index in [0.29, 0.717) is 0 Å². The highest BCUT2D eigenvalue weighted by Gasteiger charge is 2.14. The van der Waals surface area contributed by atoms with Gasteiger partial charge in [0.25, 0.3) is 5.56 Å². The predicted octanol–water partition coefficient (Wildman–Crippen LogP) is -2.26. The van der Waals surface area contributed by atoms with Gasteiger partial charge in [-0.3, -0.25) is 28.3 Å². The number of amides is 2. The van der Waals surface area contributed by atoms with Crippen LogP contribution in [0.5, 0.6) is 0 Å². The maximum Gasteiger partial charge on any atom is 0.332 e. The molecule has 0 aromatic carbocycles. The van der Waals surface area contributed by atoms with E-state index in [1.807, 2.05) is 0 Å². The third kappa shape index (κ3) is 2.53. The second-order valence-electron chi connectivity index (χ2n) is 4.67. The lowest BCUT2D eigenvalue weighted by Gasteiger charge is -2.09. The summed E-state index contributed by atoms with van der Waals surface area (Å²) in [7, 11) is 2.63. The molecule has 2 aromatic rings. The SMILES string of the molecule is Cn1c(=O)c2c(=O)cc(NC(=O)CC(N)=O)[nH]c2n(C)c1=O. The summed E-state index contributed by atoms with van der Waals surface area (Å²) >= 11 is 0. The van der Waals surface area contributed by atoms with E-state index in [9.17, 15) is 24.0 Å². The Morgan fingerprint density at radius 1 is 1.23 bits per heavy atom. The zero-order chi connectivity index (χ0) is 16.6. The topological polar surface area (TPSA) is 149 Å². The minimum absolute atomic E-state index is 0.0324. The Morgan fingerprint density at radius 2 is 1.86 bits per heavy atom. The highest BCUT2D eigenvalue weighted by Crippen LogP contribution is 2.05. The standard InChI is InChI=1S/C12H13N5O5/c1-16-10-9(11(21)17(2)12(16)22)5(18)3-7(15-10)14-8(20)4-6(13)19/h3H,4H2,1-2H3,(H2,13,19)(H2,14,15,18,20). The molecule has 10 heteroatoms. The van der Waals surface area contributed by atoms with E-state index in [1.54, 1.807) is 0 Å². The monoisotopic (exact) mass is 307 g/mol. The summed E-state index contributed by atoms with van der Waals surface area (Å²) < 4.78 is 1.88. The first kappa shape index (κ1) is 15.2. The van der Waals surface area contributed by atoms with Gasteiger partial charge in [0.05, 0.1) is 0 Å². The number of hydrogen-bond acceptors (Lipinski definition) is 5. The van der Waals surface area contributed by atoms with Crippen LogP contribution in [0, 0.1) is 0 Å². The molecule has 0 unspecified atom stereocenters. The molecule has 0 aliphatic heterocycles. The van der Waals surface area contributed by atoms with E-state index in [-0.39, 0.29) is 16.9 Å². The number of rotatable bonds is 3. The predicted molar refractivity (Wildman–Crippen MR) is 77.5 cm³/mol. The maximum absolute atomic E-state index is 12.0. The van der Waals surface area contributed by atoms with Crippen LogP contribution in [0.2, 0.25) is 0 Å². The van der Waals surface area contributed by atoms with Crippen LogP contribution in [0.25, 0.3) is 11.0 Å². The second kappa shape index (κ2) is 5.31. The number of nitrogens with zero attached hydrogens (tertiary/aromatic N) is 2. The lowest BCUT2D eigenvalue weighted by molar-refractivity contribution is -0.124. The maximum atomic E-state index is 12.0. The van der Waals surface area contributed by atoms with Crippen LogP contribution in [0.4, 0.5) is 5.82 Å². The van der Waals surface area contributed by atoms with Gasteiger partial charge < -0.3 is 16.0 Å². The Labute approximate surface area is 122 Å². The molecule has 0 fully saturated rings. The number of carbonyl (C=O) groups is 2. The van der Waals surface area contributed by atoms with Crippen molar-refractivity contribution >= 4 is 28.7 Å². The molecule has 2 amide bonds. The number of hydrogen-bond donors (Lipinski definition) is 3. The van der Waals surface area contributed by atoms with Crippen molar-refractivity contribution in [2.75, 3.05) is 5.32 Å². The summed E-state index contributed by atoms with van der Waals surface area (Å²) in [5, 5.41) is 2.06. The molecule has 0 saturated carbocycles. The number of nitrogens with one attached hydrogen (secondary N) is 2. The Morgan fingerprint density at radius 3 is 2.45 bits per heavy atom. The smallest absolute Gasteiger partial charge is 0.332 e. The van der Waals surface area contributed by atoms with Crippen LogP contribution >= 0.6 is 0 Å². The number of aromatic amines is 1. The molecule has 2 aromatic heterocycles. The normalized spacial score (nSPS) is 10.6. The number of nitrogens with two attached hydrogens (primary N) is 1. The summed E-state index contributed by atoms with van der Waals surface area (Å²) in [5.41, 5.74) is 2.81. The lowest BCUT2D eigenvalue weighted by Crippen LogP contribution is -2.39. The molecule has 4 N–H and O–H groups in total. The number of fused-ring (bicyclic) bond motifs is 1. The van der Waals surface area contributed by atoms with Gasteiger partial charge >= 0.3 is 5.69 Å². The molecule has 0 aliphatic carbocycles. The summed E-state index contributed by atoms with van der Waals surface area (Å²) in [4.78, 5) is 60.6. The number of aryl methyl sites for hydroxylation is 1. The number of primary amides is 1. The van der Waals surface area contributed by atoms with E-state index in [4.69, 9.17) is 5.73 Å². The molecular weight excluding hydrogens is 294 g/mol. The van der Waals surface area contributed by atoms with Gasteiger partial charge in [-0.15, -0.1) is 0 Å². The van der Waals surface area contributed by atoms with Gasteiger partial charge in [0.2, 0.25) is 11.8 Å². The Balaban J connectivity index is 2.66. The molecule has 22 heavy (non-hydrogen) atoms. The van der Waals surface area contributed by atoms with Gasteiger partial charge in [0, 0.05) is 20.2 Å². The van der Waals surface area contributed by atoms with Crippen LogP contribution in [-0.2, 0) is 23.7 Å². The Hall–Kier alpha value is -3.17. The highest BCUT2D eigenvalue weighted by molar-refractivity contribution is 6.02. The van der Waals surface area contributed by atoms with Crippen molar-refractivity contribution in [2.24, 2.45) is 19.8 Å². The van der Waals surface area contributed by atoms with Crippen LogP contribution < -0.4 is 27.7 Å². The van der Waals surface area contributed by atoms with Crippen molar-refractivity contribution in [3.63, 3.8) is 0 Å². The van der Waals surface area contributed by atoms with Crippen LogP contribution in [-0.4, -0.2) is 25.9 Å². The zero-order valence-electron chi connectivity index (χ0n) is 11.8. The number of aromatic nitrogens is 3. The van der Waals surface area contributed by atoms with Crippen LogP contribution in [0.1, 0.15) is 6.42 Å². The Bertz CT molecular complexity index is 965.